The molecule has 108 valence electrons. The summed E-state index contributed by atoms with van der Waals surface area (Å²) in [6, 6.07) is 2.95. The first-order chi connectivity index (χ1) is 9.10. The average Bonchev–Trinajstić information content (AvgIpc) is 2.71. The SMILES string of the molecule is CNCc1cc(CN2CCC(N(C)C)CC2)c(C)o1. The highest BCUT2D eigenvalue weighted by Gasteiger charge is 2.21. The average molecular weight is 265 g/mol. The monoisotopic (exact) mass is 265 g/mol. The second-order valence-electron chi connectivity index (χ2n) is 5.80. The van der Waals surface area contributed by atoms with Crippen molar-refractivity contribution in [1.29, 1.82) is 0 Å². The fraction of sp³-hybridized carbons (Fsp3) is 0.733. The Labute approximate surface area is 116 Å². The van der Waals surface area contributed by atoms with Crippen LogP contribution in [0.4, 0.5) is 0 Å². The van der Waals surface area contributed by atoms with Crippen molar-refractivity contribution in [3.63, 3.8) is 0 Å². The molecule has 1 aromatic rings. The van der Waals surface area contributed by atoms with Crippen LogP contribution in [0.15, 0.2) is 10.5 Å². The number of hydrogen-bond donors (Lipinski definition) is 1. The van der Waals surface area contributed by atoms with Gasteiger partial charge in [0.15, 0.2) is 0 Å². The van der Waals surface area contributed by atoms with E-state index in [2.05, 4.69) is 42.2 Å². The zero-order valence-corrected chi connectivity index (χ0v) is 12.7. The van der Waals surface area contributed by atoms with Gasteiger partial charge in [-0.1, -0.05) is 0 Å². The summed E-state index contributed by atoms with van der Waals surface area (Å²) in [5.41, 5.74) is 1.34. The predicted octanol–water partition coefficient (Wildman–Crippen LogP) is 1.83. The minimum Gasteiger partial charge on any atom is -0.465 e. The summed E-state index contributed by atoms with van der Waals surface area (Å²) in [5, 5.41) is 3.13. The highest BCUT2D eigenvalue weighted by molar-refractivity contribution is 5.20. The molecule has 0 aromatic carbocycles. The van der Waals surface area contributed by atoms with Crippen LogP contribution in [-0.4, -0.2) is 50.1 Å². The van der Waals surface area contributed by atoms with Crippen LogP contribution < -0.4 is 5.32 Å². The Morgan fingerprint density at radius 3 is 2.63 bits per heavy atom. The lowest BCUT2D eigenvalue weighted by molar-refractivity contribution is 0.139. The summed E-state index contributed by atoms with van der Waals surface area (Å²) >= 11 is 0. The molecule has 4 nitrogen and oxygen atoms in total. The molecule has 4 heteroatoms. The lowest BCUT2D eigenvalue weighted by atomic mass is 10.0. The molecule has 0 unspecified atom stereocenters. The molecule has 19 heavy (non-hydrogen) atoms. The van der Waals surface area contributed by atoms with Gasteiger partial charge in [-0.3, -0.25) is 4.90 Å². The van der Waals surface area contributed by atoms with Gasteiger partial charge in [0.05, 0.1) is 6.54 Å². The number of likely N-dealkylation sites (tertiary alicyclic amines) is 1. The van der Waals surface area contributed by atoms with Gasteiger partial charge in [-0.25, -0.2) is 0 Å². The van der Waals surface area contributed by atoms with E-state index in [4.69, 9.17) is 4.42 Å². The molecule has 1 aromatic heterocycles. The second-order valence-corrected chi connectivity index (χ2v) is 5.80. The van der Waals surface area contributed by atoms with Crippen LogP contribution in [0.25, 0.3) is 0 Å². The van der Waals surface area contributed by atoms with E-state index in [1.54, 1.807) is 0 Å². The van der Waals surface area contributed by atoms with Crippen LogP contribution in [0.2, 0.25) is 0 Å². The van der Waals surface area contributed by atoms with E-state index in [1.807, 2.05) is 7.05 Å². The first kappa shape index (κ1) is 14.6. The van der Waals surface area contributed by atoms with Gasteiger partial charge in [-0.15, -0.1) is 0 Å². The molecule has 0 saturated carbocycles. The molecule has 1 aliphatic rings. The molecule has 2 rings (SSSR count). The van der Waals surface area contributed by atoms with Gasteiger partial charge < -0.3 is 14.6 Å². The number of rotatable bonds is 5. The number of aryl methyl sites for hydroxylation is 1. The Morgan fingerprint density at radius 1 is 1.37 bits per heavy atom. The topological polar surface area (TPSA) is 31.6 Å². The van der Waals surface area contributed by atoms with Crippen molar-refractivity contribution in [3.8, 4) is 0 Å². The summed E-state index contributed by atoms with van der Waals surface area (Å²) in [7, 11) is 6.32. The van der Waals surface area contributed by atoms with Crippen LogP contribution in [0.3, 0.4) is 0 Å². The van der Waals surface area contributed by atoms with E-state index in [9.17, 15) is 0 Å². The van der Waals surface area contributed by atoms with Crippen molar-refractivity contribution < 1.29 is 4.42 Å². The number of hydrogen-bond acceptors (Lipinski definition) is 4. The molecule has 0 atom stereocenters. The maximum atomic E-state index is 5.76. The van der Waals surface area contributed by atoms with Gasteiger partial charge in [0.25, 0.3) is 0 Å². The fourth-order valence-corrected chi connectivity index (χ4v) is 2.84. The fourth-order valence-electron chi connectivity index (χ4n) is 2.84. The molecular formula is C15H27N3O. The zero-order valence-electron chi connectivity index (χ0n) is 12.7. The van der Waals surface area contributed by atoms with Crippen molar-refractivity contribution in [1.82, 2.24) is 15.1 Å². The van der Waals surface area contributed by atoms with E-state index in [1.165, 1.54) is 31.5 Å². The quantitative estimate of drug-likeness (QED) is 0.880. The predicted molar refractivity (Wildman–Crippen MR) is 78.2 cm³/mol. The first-order valence-electron chi connectivity index (χ1n) is 7.21. The van der Waals surface area contributed by atoms with Crippen molar-refractivity contribution in [2.75, 3.05) is 34.2 Å². The van der Waals surface area contributed by atoms with Gasteiger partial charge in [0.1, 0.15) is 11.5 Å². The molecule has 1 N–H and O–H groups in total. The molecule has 1 aliphatic heterocycles. The maximum Gasteiger partial charge on any atom is 0.118 e. The van der Waals surface area contributed by atoms with E-state index < -0.39 is 0 Å². The Kier molecular flexibility index (Phi) is 5.02. The van der Waals surface area contributed by atoms with Gasteiger partial charge in [0, 0.05) is 18.2 Å². The van der Waals surface area contributed by atoms with Gasteiger partial charge in [-0.2, -0.15) is 0 Å². The first-order valence-corrected chi connectivity index (χ1v) is 7.21. The van der Waals surface area contributed by atoms with Crippen molar-refractivity contribution in [3.05, 3.63) is 23.2 Å². The summed E-state index contributed by atoms with van der Waals surface area (Å²) in [4.78, 5) is 4.90. The van der Waals surface area contributed by atoms with Gasteiger partial charge in [-0.05, 0) is 60.1 Å². The summed E-state index contributed by atoms with van der Waals surface area (Å²) in [6.07, 6.45) is 2.54. The third kappa shape index (κ3) is 3.81. The standard InChI is InChI=1S/C15H27N3O/c1-12-13(9-15(19-12)10-16-2)11-18-7-5-14(6-8-18)17(3)4/h9,14,16H,5-8,10-11H2,1-4H3. The molecular weight excluding hydrogens is 238 g/mol. The molecule has 0 spiro atoms. The smallest absolute Gasteiger partial charge is 0.118 e. The Bertz CT molecular complexity index is 392. The molecule has 0 aliphatic carbocycles. The highest BCUT2D eigenvalue weighted by Crippen LogP contribution is 2.20. The van der Waals surface area contributed by atoms with Gasteiger partial charge in [0.2, 0.25) is 0 Å². The highest BCUT2D eigenvalue weighted by atomic mass is 16.3. The van der Waals surface area contributed by atoms with Crippen molar-refractivity contribution >= 4 is 0 Å². The second kappa shape index (κ2) is 6.55. The number of furan rings is 1. The molecule has 0 amide bonds. The van der Waals surface area contributed by atoms with Crippen LogP contribution >= 0.6 is 0 Å². The largest absolute Gasteiger partial charge is 0.465 e. The van der Waals surface area contributed by atoms with Crippen LogP contribution in [0.1, 0.15) is 29.9 Å². The number of nitrogens with zero attached hydrogens (tertiary/aromatic N) is 2. The lowest BCUT2D eigenvalue weighted by Gasteiger charge is -2.35. The molecule has 1 saturated heterocycles. The molecule has 2 heterocycles. The van der Waals surface area contributed by atoms with E-state index >= 15 is 0 Å². The Balaban J connectivity index is 1.88. The Morgan fingerprint density at radius 2 is 2.05 bits per heavy atom. The van der Waals surface area contributed by atoms with Gasteiger partial charge >= 0.3 is 0 Å². The summed E-state index contributed by atoms with van der Waals surface area (Å²) in [6.45, 7) is 6.29. The minimum atomic E-state index is 0.751. The van der Waals surface area contributed by atoms with E-state index in [0.717, 1.165) is 30.7 Å². The molecule has 1 fully saturated rings. The summed E-state index contributed by atoms with van der Waals surface area (Å²) < 4.78 is 5.76. The maximum absolute atomic E-state index is 5.76. The summed E-state index contributed by atoms with van der Waals surface area (Å²) in [5.74, 6) is 2.11. The van der Waals surface area contributed by atoms with E-state index in [0.29, 0.717) is 0 Å². The Hall–Kier alpha value is -0.840. The van der Waals surface area contributed by atoms with Crippen molar-refractivity contribution in [2.45, 2.75) is 38.9 Å². The van der Waals surface area contributed by atoms with Crippen LogP contribution in [-0.2, 0) is 13.1 Å². The number of nitrogens with one attached hydrogen (secondary N) is 1. The van der Waals surface area contributed by atoms with Crippen LogP contribution in [0, 0.1) is 6.92 Å². The van der Waals surface area contributed by atoms with Crippen molar-refractivity contribution in [2.24, 2.45) is 0 Å². The lowest BCUT2D eigenvalue weighted by Crippen LogP contribution is -2.41. The number of piperidine rings is 1. The van der Waals surface area contributed by atoms with E-state index in [-0.39, 0.29) is 0 Å². The molecule has 0 radical (unpaired) electrons. The third-order valence-electron chi connectivity index (χ3n) is 4.10. The third-order valence-corrected chi connectivity index (χ3v) is 4.10. The zero-order chi connectivity index (χ0) is 13.8. The normalized spacial score (nSPS) is 18.4. The molecule has 0 bridgehead atoms. The van der Waals surface area contributed by atoms with Crippen LogP contribution in [0.5, 0.6) is 0 Å². The minimum absolute atomic E-state index is 0.751.